The Morgan fingerprint density at radius 2 is 2.00 bits per heavy atom. The minimum Gasteiger partial charge on any atom is -0.379 e. The molecule has 0 aromatic carbocycles. The van der Waals surface area contributed by atoms with Crippen molar-refractivity contribution in [1.29, 1.82) is 0 Å². The number of carbonyl (C=O) groups excluding carboxylic acids is 1. The number of aromatic nitrogens is 1. The predicted octanol–water partition coefficient (Wildman–Crippen LogP) is 0.265. The summed E-state index contributed by atoms with van der Waals surface area (Å²) in [7, 11) is 1.85. The summed E-state index contributed by atoms with van der Waals surface area (Å²) in [5, 5.41) is 3.55. The number of likely N-dealkylation sites (tertiary alicyclic amines) is 1. The molecule has 3 saturated heterocycles. The quantitative estimate of drug-likeness (QED) is 0.512. The number of carbonyl (C=O) groups is 1. The topological polar surface area (TPSA) is 99.3 Å². The lowest BCUT2D eigenvalue weighted by molar-refractivity contribution is -0.122. The van der Waals surface area contributed by atoms with Crippen LogP contribution in [-0.4, -0.2) is 92.2 Å². The van der Waals surface area contributed by atoms with Gasteiger partial charge in [0.15, 0.2) is 5.96 Å². The van der Waals surface area contributed by atoms with Crippen molar-refractivity contribution in [2.45, 2.75) is 31.8 Å². The number of hydrogen-bond donors (Lipinski definition) is 2. The maximum absolute atomic E-state index is 11.5. The number of amides is 1. The number of pyridine rings is 1. The van der Waals surface area contributed by atoms with Gasteiger partial charge in [0.1, 0.15) is 5.82 Å². The van der Waals surface area contributed by atoms with Gasteiger partial charge in [-0.1, -0.05) is 6.07 Å². The van der Waals surface area contributed by atoms with E-state index < -0.39 is 0 Å². The van der Waals surface area contributed by atoms with Crippen molar-refractivity contribution in [3.05, 3.63) is 23.9 Å². The molecule has 1 atom stereocenters. The maximum atomic E-state index is 11.5. The second kappa shape index (κ2) is 10.3. The lowest BCUT2D eigenvalue weighted by atomic mass is 9.96. The number of aliphatic imine (C=N–C) groups is 1. The van der Waals surface area contributed by atoms with Gasteiger partial charge in [0.25, 0.3) is 0 Å². The second-order valence-electron chi connectivity index (χ2n) is 8.59. The zero-order chi connectivity index (χ0) is 21.6. The molecule has 4 heterocycles. The van der Waals surface area contributed by atoms with Crippen LogP contribution in [0.15, 0.2) is 23.3 Å². The maximum Gasteiger partial charge on any atom is 0.220 e. The molecule has 9 nitrogen and oxygen atoms in total. The summed E-state index contributed by atoms with van der Waals surface area (Å²) >= 11 is 0. The third kappa shape index (κ3) is 5.27. The second-order valence-corrected chi connectivity index (χ2v) is 8.59. The fourth-order valence-electron chi connectivity index (χ4n) is 4.91. The molecule has 0 radical (unpaired) electrons. The summed E-state index contributed by atoms with van der Waals surface area (Å²) in [4.78, 5) is 27.8. The van der Waals surface area contributed by atoms with Crippen molar-refractivity contribution in [2.24, 2.45) is 16.6 Å². The third-order valence-corrected chi connectivity index (χ3v) is 6.74. The average Bonchev–Trinajstić information content (AvgIpc) is 3.30. The number of anilines is 1. The Labute approximate surface area is 184 Å². The van der Waals surface area contributed by atoms with Crippen LogP contribution in [0.4, 0.5) is 5.82 Å². The fraction of sp³-hybridized carbons (Fsp3) is 0.682. The number of hydrogen-bond acceptors (Lipinski definition) is 6. The molecule has 31 heavy (non-hydrogen) atoms. The van der Waals surface area contributed by atoms with Gasteiger partial charge >= 0.3 is 0 Å². The number of primary amides is 1. The molecule has 170 valence electrons. The minimum absolute atomic E-state index is 0.0186. The highest BCUT2D eigenvalue weighted by molar-refractivity contribution is 5.80. The molecule has 3 fully saturated rings. The first-order valence-corrected chi connectivity index (χ1v) is 11.4. The van der Waals surface area contributed by atoms with E-state index in [-0.39, 0.29) is 11.8 Å². The monoisotopic (exact) mass is 429 g/mol. The zero-order valence-electron chi connectivity index (χ0n) is 18.5. The highest BCUT2D eigenvalue weighted by atomic mass is 16.5. The van der Waals surface area contributed by atoms with Crippen LogP contribution in [0.25, 0.3) is 0 Å². The average molecular weight is 430 g/mol. The molecule has 1 aromatic heterocycles. The minimum atomic E-state index is -0.188. The van der Waals surface area contributed by atoms with Gasteiger partial charge in [-0.25, -0.2) is 4.98 Å². The fourth-order valence-corrected chi connectivity index (χ4v) is 4.91. The Morgan fingerprint density at radius 1 is 1.23 bits per heavy atom. The van der Waals surface area contributed by atoms with Gasteiger partial charge in [-0.05, 0) is 25.3 Å². The van der Waals surface area contributed by atoms with Crippen LogP contribution in [0.5, 0.6) is 0 Å². The van der Waals surface area contributed by atoms with Crippen LogP contribution in [0, 0.1) is 5.92 Å². The van der Waals surface area contributed by atoms with Gasteiger partial charge in [0.05, 0.1) is 13.2 Å². The van der Waals surface area contributed by atoms with E-state index in [0.717, 1.165) is 89.1 Å². The number of rotatable bonds is 5. The van der Waals surface area contributed by atoms with E-state index in [4.69, 9.17) is 10.5 Å². The number of ether oxygens (including phenoxy) is 1. The van der Waals surface area contributed by atoms with E-state index in [2.05, 4.69) is 36.1 Å². The van der Waals surface area contributed by atoms with Crippen LogP contribution in [0.3, 0.4) is 0 Å². The van der Waals surface area contributed by atoms with E-state index in [0.29, 0.717) is 12.6 Å². The molecule has 0 spiro atoms. The van der Waals surface area contributed by atoms with E-state index in [1.807, 2.05) is 19.3 Å². The number of piperidine rings is 1. The Balaban J connectivity index is 1.34. The Morgan fingerprint density at radius 3 is 2.71 bits per heavy atom. The number of morpholine rings is 1. The molecule has 1 unspecified atom stereocenters. The normalized spacial score (nSPS) is 23.9. The Hall–Kier alpha value is -2.39. The third-order valence-electron chi connectivity index (χ3n) is 6.74. The number of nitrogens with one attached hydrogen (secondary N) is 1. The van der Waals surface area contributed by atoms with Crippen LogP contribution >= 0.6 is 0 Å². The molecule has 3 N–H and O–H groups in total. The highest BCUT2D eigenvalue weighted by Crippen LogP contribution is 2.24. The molecule has 1 aromatic rings. The first-order valence-electron chi connectivity index (χ1n) is 11.4. The Bertz CT molecular complexity index is 773. The van der Waals surface area contributed by atoms with Gasteiger partial charge in [-0.15, -0.1) is 0 Å². The van der Waals surface area contributed by atoms with Gasteiger partial charge in [0, 0.05) is 76.6 Å². The lowest BCUT2D eigenvalue weighted by Crippen LogP contribution is -2.46. The van der Waals surface area contributed by atoms with Crippen molar-refractivity contribution < 1.29 is 9.53 Å². The zero-order valence-corrected chi connectivity index (χ0v) is 18.5. The van der Waals surface area contributed by atoms with E-state index in [1.54, 1.807) is 0 Å². The molecular formula is C22H35N7O2. The smallest absolute Gasteiger partial charge is 0.220 e. The highest BCUT2D eigenvalue weighted by Gasteiger charge is 2.30. The van der Waals surface area contributed by atoms with E-state index in [1.165, 1.54) is 0 Å². The van der Waals surface area contributed by atoms with E-state index >= 15 is 0 Å². The summed E-state index contributed by atoms with van der Waals surface area (Å²) in [6.45, 7) is 8.02. The van der Waals surface area contributed by atoms with Crippen LogP contribution in [0.1, 0.15) is 24.8 Å². The van der Waals surface area contributed by atoms with E-state index in [9.17, 15) is 4.79 Å². The summed E-state index contributed by atoms with van der Waals surface area (Å²) in [5.74, 6) is 1.72. The molecule has 0 saturated carbocycles. The van der Waals surface area contributed by atoms with Gasteiger partial charge in [0.2, 0.25) is 5.91 Å². The van der Waals surface area contributed by atoms with Gasteiger partial charge in [-0.2, -0.15) is 0 Å². The van der Waals surface area contributed by atoms with Crippen molar-refractivity contribution in [1.82, 2.24) is 20.1 Å². The number of nitrogens with two attached hydrogens (primary N) is 1. The summed E-state index contributed by atoms with van der Waals surface area (Å²) in [6.07, 6.45) is 4.57. The molecule has 1 amide bonds. The summed E-state index contributed by atoms with van der Waals surface area (Å²) in [6, 6.07) is 4.66. The standard InChI is InChI=1S/C22H35N7O2/c1-24-22(29-10-6-19(16-29)27-11-13-31-14-12-27)26-15-18-3-2-7-25-21(18)28-8-4-17(5-9-28)20(23)30/h2-3,7,17,19H,4-6,8-16H2,1H3,(H2,23,30)(H,24,26). The first-order chi connectivity index (χ1) is 15.2. The van der Waals surface area contributed by atoms with Crippen molar-refractivity contribution in [3.8, 4) is 0 Å². The molecule has 0 bridgehead atoms. The first kappa shape index (κ1) is 21.8. The summed E-state index contributed by atoms with van der Waals surface area (Å²) in [5.41, 5.74) is 6.63. The van der Waals surface area contributed by atoms with Crippen molar-refractivity contribution in [2.75, 3.05) is 64.4 Å². The van der Waals surface area contributed by atoms with Gasteiger partial charge in [-0.3, -0.25) is 14.7 Å². The SMILES string of the molecule is CN=C(NCc1cccnc1N1CCC(C(N)=O)CC1)N1CCC(N2CCOCC2)C1. The van der Waals surface area contributed by atoms with Gasteiger partial charge < -0.3 is 25.6 Å². The summed E-state index contributed by atoms with van der Waals surface area (Å²) < 4.78 is 5.50. The molecule has 3 aliphatic rings. The molecular weight excluding hydrogens is 394 g/mol. The molecule has 0 aliphatic carbocycles. The van der Waals surface area contributed by atoms with Crippen LogP contribution < -0.4 is 16.0 Å². The largest absolute Gasteiger partial charge is 0.379 e. The molecule has 9 heteroatoms. The lowest BCUT2D eigenvalue weighted by Gasteiger charge is -2.33. The Kier molecular flexibility index (Phi) is 7.24. The van der Waals surface area contributed by atoms with Crippen LogP contribution in [-0.2, 0) is 16.1 Å². The predicted molar refractivity (Wildman–Crippen MR) is 121 cm³/mol. The number of guanidine groups is 1. The van der Waals surface area contributed by atoms with Crippen molar-refractivity contribution in [3.63, 3.8) is 0 Å². The molecule has 4 rings (SSSR count). The number of nitrogens with zero attached hydrogens (tertiary/aromatic N) is 5. The molecule has 3 aliphatic heterocycles. The van der Waals surface area contributed by atoms with Crippen LogP contribution in [0.2, 0.25) is 0 Å². The van der Waals surface area contributed by atoms with Crippen molar-refractivity contribution >= 4 is 17.7 Å².